The molecule has 0 radical (unpaired) electrons. The maximum atomic E-state index is 12.2. The lowest BCUT2D eigenvalue weighted by atomic mass is 10.1. The molecular formula is C14H17BrN2O3. The number of benzene rings is 1. The van der Waals surface area contributed by atoms with Crippen LogP contribution in [0.5, 0.6) is 0 Å². The fourth-order valence-electron chi connectivity index (χ4n) is 2.30. The van der Waals surface area contributed by atoms with Crippen LogP contribution < -0.4 is 10.6 Å². The van der Waals surface area contributed by atoms with Gasteiger partial charge in [-0.15, -0.1) is 0 Å². The van der Waals surface area contributed by atoms with Gasteiger partial charge in [0, 0.05) is 17.4 Å². The van der Waals surface area contributed by atoms with Crippen molar-refractivity contribution in [2.24, 2.45) is 0 Å². The molecule has 1 saturated carbocycles. The maximum absolute atomic E-state index is 12.2. The van der Waals surface area contributed by atoms with Gasteiger partial charge in [-0.05, 0) is 31.0 Å². The van der Waals surface area contributed by atoms with E-state index in [9.17, 15) is 9.59 Å². The number of carbonyl (C=O) groups is 2. The first-order valence-corrected chi connectivity index (χ1v) is 7.25. The van der Waals surface area contributed by atoms with Gasteiger partial charge in [0.05, 0.1) is 6.61 Å². The molecule has 6 heteroatoms. The molecular weight excluding hydrogens is 324 g/mol. The van der Waals surface area contributed by atoms with Crippen molar-refractivity contribution < 1.29 is 14.3 Å². The topological polar surface area (TPSA) is 67.4 Å². The van der Waals surface area contributed by atoms with Crippen LogP contribution in [0.2, 0.25) is 0 Å². The molecule has 108 valence electrons. The molecule has 2 rings (SSSR count). The van der Waals surface area contributed by atoms with Crippen molar-refractivity contribution in [1.82, 2.24) is 10.6 Å². The Labute approximate surface area is 126 Å². The number of esters is 1. The molecule has 5 nitrogen and oxygen atoms in total. The number of rotatable bonds is 4. The largest absolute Gasteiger partial charge is 0.464 e. The molecule has 0 heterocycles. The molecule has 2 unspecified atom stereocenters. The first-order chi connectivity index (χ1) is 9.53. The van der Waals surface area contributed by atoms with Crippen LogP contribution in [0.1, 0.15) is 24.8 Å². The van der Waals surface area contributed by atoms with Gasteiger partial charge in [0.15, 0.2) is 0 Å². The third-order valence-electron chi connectivity index (χ3n) is 3.44. The molecule has 1 aromatic carbocycles. The molecule has 1 fully saturated rings. The van der Waals surface area contributed by atoms with Crippen LogP contribution in [-0.2, 0) is 9.53 Å². The lowest BCUT2D eigenvalue weighted by Gasteiger charge is -2.17. The van der Waals surface area contributed by atoms with E-state index in [2.05, 4.69) is 26.6 Å². The van der Waals surface area contributed by atoms with E-state index >= 15 is 0 Å². The summed E-state index contributed by atoms with van der Waals surface area (Å²) in [6.45, 7) is 2.05. The number of nitrogens with one attached hydrogen (secondary N) is 2. The van der Waals surface area contributed by atoms with Gasteiger partial charge in [0.1, 0.15) is 5.54 Å². The van der Waals surface area contributed by atoms with E-state index in [0.29, 0.717) is 13.0 Å². The first kappa shape index (κ1) is 14.8. The highest BCUT2D eigenvalue weighted by Crippen LogP contribution is 2.52. The molecule has 0 aromatic heterocycles. The van der Waals surface area contributed by atoms with Gasteiger partial charge in [-0.25, -0.2) is 9.59 Å². The Kier molecular flexibility index (Phi) is 4.32. The molecule has 1 aromatic rings. The zero-order valence-electron chi connectivity index (χ0n) is 11.4. The highest BCUT2D eigenvalue weighted by atomic mass is 79.9. The van der Waals surface area contributed by atoms with Gasteiger partial charge < -0.3 is 15.4 Å². The summed E-state index contributed by atoms with van der Waals surface area (Å²) in [5.41, 5.74) is 0.0712. The average Bonchev–Trinajstić information content (AvgIpc) is 3.15. The second-order valence-corrected chi connectivity index (χ2v) is 5.62. The van der Waals surface area contributed by atoms with Crippen molar-refractivity contribution in [1.29, 1.82) is 0 Å². The summed E-state index contributed by atoms with van der Waals surface area (Å²) < 4.78 is 6.07. The first-order valence-electron chi connectivity index (χ1n) is 6.46. The zero-order valence-corrected chi connectivity index (χ0v) is 13.0. The number of amides is 2. The van der Waals surface area contributed by atoms with E-state index < -0.39 is 5.54 Å². The summed E-state index contributed by atoms with van der Waals surface area (Å²) in [4.78, 5) is 23.7. The Morgan fingerprint density at radius 1 is 1.40 bits per heavy atom. The number of hydrogen-bond donors (Lipinski definition) is 2. The van der Waals surface area contributed by atoms with Crippen LogP contribution in [0.3, 0.4) is 0 Å². The Bertz CT molecular complexity index is 518. The minimum atomic E-state index is -0.941. The van der Waals surface area contributed by atoms with Crippen molar-refractivity contribution in [2.45, 2.75) is 24.8 Å². The summed E-state index contributed by atoms with van der Waals surface area (Å²) in [6.07, 6.45) is 0.556. The molecule has 1 aliphatic rings. The van der Waals surface area contributed by atoms with Crippen LogP contribution in [-0.4, -0.2) is 31.2 Å². The minimum Gasteiger partial charge on any atom is -0.464 e. The van der Waals surface area contributed by atoms with Crippen molar-refractivity contribution in [2.75, 3.05) is 13.7 Å². The smallest absolute Gasteiger partial charge is 0.332 e. The second-order valence-electron chi connectivity index (χ2n) is 4.70. The van der Waals surface area contributed by atoms with E-state index in [1.807, 2.05) is 24.3 Å². The number of carbonyl (C=O) groups excluding carboxylic acids is 2. The van der Waals surface area contributed by atoms with Gasteiger partial charge >= 0.3 is 12.0 Å². The molecule has 0 spiro atoms. The van der Waals surface area contributed by atoms with E-state index in [-0.39, 0.29) is 17.9 Å². The lowest BCUT2D eigenvalue weighted by Crippen LogP contribution is -2.48. The molecule has 0 bridgehead atoms. The fraction of sp³-hybridized carbons (Fsp3) is 0.429. The monoisotopic (exact) mass is 340 g/mol. The number of hydrogen-bond acceptors (Lipinski definition) is 3. The SMILES string of the molecule is CCOC(=O)C1(NC(=O)NC)CC1c1ccc(Br)cc1. The van der Waals surface area contributed by atoms with Crippen LogP contribution in [0, 0.1) is 0 Å². The fourth-order valence-corrected chi connectivity index (χ4v) is 2.56. The second kappa shape index (κ2) is 5.83. The number of urea groups is 1. The van der Waals surface area contributed by atoms with Crippen molar-refractivity contribution >= 4 is 27.9 Å². The standard InChI is InChI=1S/C14H17BrN2O3/c1-3-20-12(18)14(17-13(19)16-2)8-11(14)9-4-6-10(15)7-5-9/h4-7,11H,3,8H2,1-2H3,(H2,16,17,19). The molecule has 20 heavy (non-hydrogen) atoms. The van der Waals surface area contributed by atoms with Crippen molar-refractivity contribution in [3.8, 4) is 0 Å². The molecule has 0 saturated heterocycles. The number of halogens is 1. The lowest BCUT2D eigenvalue weighted by molar-refractivity contribution is -0.146. The predicted octanol–water partition coefficient (Wildman–Crippen LogP) is 2.17. The minimum absolute atomic E-state index is 0.0491. The quantitative estimate of drug-likeness (QED) is 0.825. The van der Waals surface area contributed by atoms with E-state index in [4.69, 9.17) is 4.74 Å². The number of ether oxygens (including phenoxy) is 1. The Balaban J connectivity index is 2.21. The highest BCUT2D eigenvalue weighted by molar-refractivity contribution is 9.10. The van der Waals surface area contributed by atoms with Crippen molar-refractivity contribution in [3.63, 3.8) is 0 Å². The van der Waals surface area contributed by atoms with Crippen molar-refractivity contribution in [3.05, 3.63) is 34.3 Å². The Hall–Kier alpha value is -1.56. The van der Waals surface area contributed by atoms with E-state index in [0.717, 1.165) is 10.0 Å². The van der Waals surface area contributed by atoms with Crippen LogP contribution in [0.4, 0.5) is 4.79 Å². The van der Waals surface area contributed by atoms with Gasteiger partial charge in [-0.3, -0.25) is 0 Å². The summed E-state index contributed by atoms with van der Waals surface area (Å²) in [7, 11) is 1.52. The van der Waals surface area contributed by atoms with Gasteiger partial charge in [-0.2, -0.15) is 0 Å². The zero-order chi connectivity index (χ0) is 14.8. The van der Waals surface area contributed by atoms with Gasteiger partial charge in [-0.1, -0.05) is 28.1 Å². The molecule has 1 aliphatic carbocycles. The average molecular weight is 341 g/mol. The molecule has 2 amide bonds. The molecule has 2 atom stereocenters. The van der Waals surface area contributed by atoms with E-state index in [1.54, 1.807) is 6.92 Å². The van der Waals surface area contributed by atoms with Gasteiger partial charge in [0.25, 0.3) is 0 Å². The van der Waals surface area contributed by atoms with Gasteiger partial charge in [0.2, 0.25) is 0 Å². The van der Waals surface area contributed by atoms with E-state index in [1.165, 1.54) is 7.05 Å². The summed E-state index contributed by atoms with van der Waals surface area (Å²) in [5.74, 6) is -0.427. The normalized spacial score (nSPS) is 23.9. The Morgan fingerprint density at radius 2 is 2.05 bits per heavy atom. The summed E-state index contributed by atoms with van der Waals surface area (Å²) in [5, 5.41) is 5.20. The van der Waals surface area contributed by atoms with Crippen LogP contribution in [0.15, 0.2) is 28.7 Å². The van der Waals surface area contributed by atoms with Crippen LogP contribution in [0.25, 0.3) is 0 Å². The third-order valence-corrected chi connectivity index (χ3v) is 3.97. The Morgan fingerprint density at radius 3 is 2.60 bits per heavy atom. The molecule has 2 N–H and O–H groups in total. The summed E-state index contributed by atoms with van der Waals surface area (Å²) >= 11 is 3.38. The van der Waals surface area contributed by atoms with Crippen LogP contribution >= 0.6 is 15.9 Å². The highest BCUT2D eigenvalue weighted by Gasteiger charge is 2.63. The maximum Gasteiger partial charge on any atom is 0.332 e. The third kappa shape index (κ3) is 2.80. The molecule has 0 aliphatic heterocycles. The predicted molar refractivity (Wildman–Crippen MR) is 78.5 cm³/mol. The summed E-state index contributed by atoms with van der Waals surface area (Å²) in [6, 6.07) is 7.35.